The van der Waals surface area contributed by atoms with Crippen molar-refractivity contribution in [3.63, 3.8) is 0 Å². The lowest BCUT2D eigenvalue weighted by atomic mass is 9.85. The Balaban J connectivity index is 2.84. The van der Waals surface area contributed by atoms with Crippen molar-refractivity contribution in [2.24, 2.45) is 5.41 Å². The van der Waals surface area contributed by atoms with Crippen molar-refractivity contribution in [3.05, 3.63) is 39.9 Å². The number of non-ortho nitro benzene ring substituents is 1. The molecule has 1 N–H and O–H groups in total. The number of carbonyl (C=O) groups excluding carboxylic acids is 1. The smallest absolute Gasteiger partial charge is 0.269 e. The number of ketones is 1. The van der Waals surface area contributed by atoms with E-state index in [0.29, 0.717) is 5.56 Å². The number of Topliss-reactive ketones (excluding diaryl/α,β-unsaturated/α-hetero) is 1. The van der Waals surface area contributed by atoms with Crippen LogP contribution in [0.5, 0.6) is 0 Å². The van der Waals surface area contributed by atoms with Crippen LogP contribution < -0.4 is 0 Å². The summed E-state index contributed by atoms with van der Waals surface area (Å²) in [5.74, 6) is -0.0792. The molecular formula is C21H35NO5Si. The first kappa shape index (κ1) is 24.5. The SMILES string of the molecule is CC(C)(C)[C@@H](CC(=O)C[C@H](O)c1ccc([N+](=O)[O-])cc1)O[Si](C)(C)C(C)(C)C. The van der Waals surface area contributed by atoms with Crippen molar-refractivity contribution >= 4 is 19.8 Å². The van der Waals surface area contributed by atoms with Gasteiger partial charge in [0, 0.05) is 25.0 Å². The average molecular weight is 410 g/mol. The van der Waals surface area contributed by atoms with Gasteiger partial charge in [-0.3, -0.25) is 14.9 Å². The highest BCUT2D eigenvalue weighted by Gasteiger charge is 2.42. The molecule has 158 valence electrons. The van der Waals surface area contributed by atoms with Crippen LogP contribution in [-0.2, 0) is 9.22 Å². The third-order valence-electron chi connectivity index (χ3n) is 5.53. The second kappa shape index (κ2) is 8.84. The summed E-state index contributed by atoms with van der Waals surface area (Å²) in [4.78, 5) is 22.9. The van der Waals surface area contributed by atoms with Crippen LogP contribution in [0, 0.1) is 15.5 Å². The first-order chi connectivity index (χ1) is 12.5. The predicted molar refractivity (Wildman–Crippen MR) is 114 cm³/mol. The van der Waals surface area contributed by atoms with Gasteiger partial charge in [-0.1, -0.05) is 41.5 Å². The molecule has 1 rings (SSSR count). The maximum atomic E-state index is 12.7. The highest BCUT2D eigenvalue weighted by atomic mass is 28.4. The van der Waals surface area contributed by atoms with Crippen molar-refractivity contribution in [2.45, 2.75) is 84.7 Å². The predicted octanol–water partition coefficient (Wildman–Crippen LogP) is 5.41. The fraction of sp³-hybridized carbons (Fsp3) is 0.667. The van der Waals surface area contributed by atoms with E-state index in [2.05, 4.69) is 54.6 Å². The number of hydrogen-bond acceptors (Lipinski definition) is 5. The molecule has 0 fully saturated rings. The van der Waals surface area contributed by atoms with Crippen molar-refractivity contribution in [2.75, 3.05) is 0 Å². The number of nitro groups is 1. The minimum atomic E-state index is -2.04. The molecule has 1 aromatic carbocycles. The Morgan fingerprint density at radius 3 is 2.00 bits per heavy atom. The maximum absolute atomic E-state index is 12.7. The van der Waals surface area contributed by atoms with E-state index in [4.69, 9.17) is 4.43 Å². The summed E-state index contributed by atoms with van der Waals surface area (Å²) in [6.45, 7) is 17.0. The molecule has 1 aromatic rings. The third-order valence-corrected chi connectivity index (χ3v) is 10.0. The Kier molecular flexibility index (Phi) is 7.72. The molecule has 0 saturated carbocycles. The fourth-order valence-corrected chi connectivity index (χ4v) is 4.00. The van der Waals surface area contributed by atoms with Crippen LogP contribution in [0.2, 0.25) is 18.1 Å². The standard InChI is InChI=1S/C21H35NO5Si/c1-20(2,3)19(27-28(7,8)21(4,5)6)14-17(23)13-18(24)15-9-11-16(12-10-15)22(25)26/h9-12,18-19,24H,13-14H2,1-8H3/t18-,19+/m0/s1. The average Bonchev–Trinajstić information content (AvgIpc) is 2.52. The zero-order valence-corrected chi connectivity index (χ0v) is 19.4. The lowest BCUT2D eigenvalue weighted by Crippen LogP contribution is -2.48. The van der Waals surface area contributed by atoms with Crippen LogP contribution in [0.1, 0.15) is 66.1 Å². The summed E-state index contributed by atoms with van der Waals surface area (Å²) in [5.41, 5.74) is 0.248. The molecule has 0 aromatic heterocycles. The Morgan fingerprint density at radius 1 is 1.11 bits per heavy atom. The lowest BCUT2D eigenvalue weighted by Gasteiger charge is -2.43. The topological polar surface area (TPSA) is 89.7 Å². The van der Waals surface area contributed by atoms with Gasteiger partial charge in [0.2, 0.25) is 0 Å². The van der Waals surface area contributed by atoms with Crippen molar-refractivity contribution in [1.82, 2.24) is 0 Å². The van der Waals surface area contributed by atoms with Gasteiger partial charge in [-0.2, -0.15) is 0 Å². The zero-order chi connectivity index (χ0) is 21.9. The molecule has 2 atom stereocenters. The number of benzene rings is 1. The fourth-order valence-electron chi connectivity index (χ4n) is 2.50. The summed E-state index contributed by atoms with van der Waals surface area (Å²) in [5, 5.41) is 21.2. The molecule has 28 heavy (non-hydrogen) atoms. The van der Waals surface area contributed by atoms with Crippen LogP contribution in [0.15, 0.2) is 24.3 Å². The molecule has 0 aliphatic carbocycles. The summed E-state index contributed by atoms with van der Waals surface area (Å²) in [7, 11) is -2.04. The van der Waals surface area contributed by atoms with Gasteiger partial charge in [-0.05, 0) is 41.2 Å². The number of aliphatic hydroxyl groups excluding tert-OH is 1. The third kappa shape index (κ3) is 6.79. The number of carbonyl (C=O) groups is 1. The van der Waals surface area contributed by atoms with Gasteiger partial charge < -0.3 is 9.53 Å². The van der Waals surface area contributed by atoms with Gasteiger partial charge in [0.1, 0.15) is 5.78 Å². The summed E-state index contributed by atoms with van der Waals surface area (Å²) in [6, 6.07) is 5.65. The quantitative estimate of drug-likeness (QED) is 0.352. The van der Waals surface area contributed by atoms with E-state index in [9.17, 15) is 20.0 Å². The van der Waals surface area contributed by atoms with Crippen LogP contribution in [0.3, 0.4) is 0 Å². The van der Waals surface area contributed by atoms with Gasteiger partial charge in [0.15, 0.2) is 8.32 Å². The molecule has 0 spiro atoms. The molecule has 0 amide bonds. The molecule has 6 nitrogen and oxygen atoms in total. The normalized spacial score (nSPS) is 15.2. The van der Waals surface area contributed by atoms with Crippen LogP contribution in [0.4, 0.5) is 5.69 Å². The number of aliphatic hydroxyl groups is 1. The molecule has 0 heterocycles. The number of nitro benzene ring substituents is 1. The van der Waals surface area contributed by atoms with Gasteiger partial charge >= 0.3 is 0 Å². The molecule has 0 unspecified atom stereocenters. The Hall–Kier alpha value is -1.57. The minimum absolute atomic E-state index is 0.0365. The van der Waals surface area contributed by atoms with Crippen LogP contribution in [0.25, 0.3) is 0 Å². The Labute approximate surface area is 169 Å². The summed E-state index contributed by atoms with van der Waals surface area (Å²) < 4.78 is 6.53. The van der Waals surface area contributed by atoms with Crippen molar-refractivity contribution < 1.29 is 19.3 Å². The van der Waals surface area contributed by atoms with Gasteiger partial charge in [-0.25, -0.2) is 0 Å². The molecule has 0 aliphatic rings. The summed E-state index contributed by atoms with van der Waals surface area (Å²) >= 11 is 0. The summed E-state index contributed by atoms with van der Waals surface area (Å²) in [6.07, 6.45) is -1.02. The molecule has 0 bridgehead atoms. The maximum Gasteiger partial charge on any atom is 0.269 e. The monoisotopic (exact) mass is 409 g/mol. The second-order valence-electron chi connectivity index (χ2n) is 10.0. The van der Waals surface area contributed by atoms with Crippen molar-refractivity contribution in [1.29, 1.82) is 0 Å². The molecular weight excluding hydrogens is 374 g/mol. The largest absolute Gasteiger partial charge is 0.413 e. The van der Waals surface area contributed by atoms with E-state index in [0.717, 1.165) is 0 Å². The lowest BCUT2D eigenvalue weighted by molar-refractivity contribution is -0.384. The molecule has 7 heteroatoms. The highest BCUT2D eigenvalue weighted by molar-refractivity contribution is 6.74. The zero-order valence-electron chi connectivity index (χ0n) is 18.4. The molecule has 0 aliphatic heterocycles. The van der Waals surface area contributed by atoms with Gasteiger partial charge in [0.05, 0.1) is 17.1 Å². The van der Waals surface area contributed by atoms with E-state index in [1.54, 1.807) is 0 Å². The van der Waals surface area contributed by atoms with Gasteiger partial charge in [0.25, 0.3) is 5.69 Å². The molecule has 0 saturated heterocycles. The van der Waals surface area contributed by atoms with E-state index in [-0.39, 0.29) is 40.9 Å². The van der Waals surface area contributed by atoms with E-state index in [1.165, 1.54) is 24.3 Å². The first-order valence-electron chi connectivity index (χ1n) is 9.66. The minimum Gasteiger partial charge on any atom is -0.413 e. The number of nitrogens with zero attached hydrogens (tertiary/aromatic N) is 1. The van der Waals surface area contributed by atoms with Gasteiger partial charge in [-0.15, -0.1) is 0 Å². The van der Waals surface area contributed by atoms with E-state index >= 15 is 0 Å². The Morgan fingerprint density at radius 2 is 1.61 bits per heavy atom. The van der Waals surface area contributed by atoms with E-state index < -0.39 is 19.3 Å². The van der Waals surface area contributed by atoms with Crippen LogP contribution >= 0.6 is 0 Å². The molecule has 0 radical (unpaired) electrons. The van der Waals surface area contributed by atoms with Crippen LogP contribution in [-0.4, -0.2) is 30.2 Å². The second-order valence-corrected chi connectivity index (χ2v) is 14.8. The first-order valence-corrected chi connectivity index (χ1v) is 12.6. The van der Waals surface area contributed by atoms with Crippen molar-refractivity contribution in [3.8, 4) is 0 Å². The van der Waals surface area contributed by atoms with E-state index in [1.807, 2.05) is 0 Å². The Bertz CT molecular complexity index is 686. The number of hydrogen-bond donors (Lipinski definition) is 1. The number of rotatable bonds is 8. The highest BCUT2D eigenvalue weighted by Crippen LogP contribution is 2.40.